The minimum absolute atomic E-state index is 0.0105. The largest absolute Gasteiger partial charge is 0.497 e. The van der Waals surface area contributed by atoms with Gasteiger partial charge in [-0.05, 0) is 54.8 Å². The van der Waals surface area contributed by atoms with Crippen LogP contribution in [-0.2, 0) is 4.79 Å². The summed E-state index contributed by atoms with van der Waals surface area (Å²) in [5, 5.41) is 2.65. The molecule has 0 aromatic heterocycles. The van der Waals surface area contributed by atoms with E-state index in [1.54, 1.807) is 7.11 Å². The summed E-state index contributed by atoms with van der Waals surface area (Å²) in [6, 6.07) is 13.0. The number of rotatable bonds is 5. The predicted octanol–water partition coefficient (Wildman–Crippen LogP) is 3.71. The van der Waals surface area contributed by atoms with Gasteiger partial charge >= 0.3 is 0 Å². The van der Waals surface area contributed by atoms with Crippen molar-refractivity contribution in [1.29, 1.82) is 0 Å². The van der Waals surface area contributed by atoms with E-state index in [1.807, 2.05) is 29.2 Å². The Bertz CT molecular complexity index is 806. The number of nitrogens with zero attached hydrogens (tertiary/aromatic N) is 1. The number of ether oxygens (including phenoxy) is 1. The van der Waals surface area contributed by atoms with Gasteiger partial charge in [-0.1, -0.05) is 25.0 Å². The Morgan fingerprint density at radius 3 is 2.46 bits per heavy atom. The summed E-state index contributed by atoms with van der Waals surface area (Å²) < 4.78 is 18.2. The van der Waals surface area contributed by atoms with Crippen LogP contribution in [0.5, 0.6) is 5.75 Å². The van der Waals surface area contributed by atoms with Crippen LogP contribution >= 0.6 is 0 Å². The number of halogens is 1. The molecule has 1 N–H and O–H groups in total. The third kappa shape index (κ3) is 4.88. The van der Waals surface area contributed by atoms with Gasteiger partial charge in [0.05, 0.1) is 19.7 Å². The topological polar surface area (TPSA) is 58.6 Å². The molecule has 0 saturated carbocycles. The molecular weight excluding hydrogens is 359 g/mol. The number of carbonyl (C=O) groups is 2. The number of amides is 2. The predicted molar refractivity (Wildman–Crippen MR) is 105 cm³/mol. The molecule has 2 aromatic carbocycles. The van der Waals surface area contributed by atoms with E-state index >= 15 is 0 Å². The zero-order chi connectivity index (χ0) is 19.9. The van der Waals surface area contributed by atoms with Crippen molar-refractivity contribution in [3.05, 3.63) is 65.5 Å². The molecule has 1 aliphatic rings. The Kier molecular flexibility index (Phi) is 6.63. The lowest BCUT2D eigenvalue weighted by Gasteiger charge is -2.30. The Morgan fingerprint density at radius 1 is 1.07 bits per heavy atom. The van der Waals surface area contributed by atoms with Gasteiger partial charge < -0.3 is 15.0 Å². The van der Waals surface area contributed by atoms with Crippen molar-refractivity contribution in [2.24, 2.45) is 0 Å². The molecule has 0 spiro atoms. The molecule has 1 fully saturated rings. The minimum atomic E-state index is -0.403. The lowest BCUT2D eigenvalue weighted by atomic mass is 10.0. The molecule has 1 aliphatic heterocycles. The number of benzene rings is 2. The van der Waals surface area contributed by atoms with E-state index in [4.69, 9.17) is 4.74 Å². The highest BCUT2D eigenvalue weighted by Crippen LogP contribution is 2.31. The van der Waals surface area contributed by atoms with Crippen molar-refractivity contribution in [2.75, 3.05) is 20.2 Å². The summed E-state index contributed by atoms with van der Waals surface area (Å²) in [6.07, 6.45) is 3.98. The van der Waals surface area contributed by atoms with E-state index in [9.17, 15) is 14.0 Å². The van der Waals surface area contributed by atoms with Crippen molar-refractivity contribution in [3.8, 4) is 5.75 Å². The van der Waals surface area contributed by atoms with Crippen LogP contribution in [0.15, 0.2) is 48.5 Å². The highest BCUT2D eigenvalue weighted by atomic mass is 19.1. The maximum atomic E-state index is 13.0. The third-order valence-electron chi connectivity index (χ3n) is 5.08. The number of methoxy groups -OCH3 is 1. The molecule has 6 heteroatoms. The molecule has 2 amide bonds. The molecule has 1 atom stereocenters. The first-order chi connectivity index (χ1) is 13.6. The van der Waals surface area contributed by atoms with Crippen LogP contribution in [0.3, 0.4) is 0 Å². The summed E-state index contributed by atoms with van der Waals surface area (Å²) >= 11 is 0. The summed E-state index contributed by atoms with van der Waals surface area (Å²) in [6.45, 7) is 0.588. The number of carbonyl (C=O) groups excluding carboxylic acids is 2. The van der Waals surface area contributed by atoms with Gasteiger partial charge in [-0.3, -0.25) is 9.59 Å². The van der Waals surface area contributed by atoms with Crippen LogP contribution in [0.4, 0.5) is 4.39 Å². The third-order valence-corrected chi connectivity index (χ3v) is 5.08. The van der Waals surface area contributed by atoms with Crippen LogP contribution in [0.25, 0.3) is 0 Å². The number of hydrogen-bond donors (Lipinski definition) is 1. The maximum absolute atomic E-state index is 13.0. The van der Waals surface area contributed by atoms with Gasteiger partial charge in [-0.2, -0.15) is 0 Å². The summed E-state index contributed by atoms with van der Waals surface area (Å²) in [5.41, 5.74) is 1.40. The summed E-state index contributed by atoms with van der Waals surface area (Å²) in [7, 11) is 1.63. The van der Waals surface area contributed by atoms with Crippen LogP contribution < -0.4 is 10.1 Å². The second-order valence-electron chi connectivity index (χ2n) is 6.91. The lowest BCUT2D eigenvalue weighted by Crippen LogP contribution is -2.42. The second-order valence-corrected chi connectivity index (χ2v) is 6.91. The number of likely N-dealkylation sites (tertiary alicyclic amines) is 1. The monoisotopic (exact) mass is 384 g/mol. The van der Waals surface area contributed by atoms with E-state index < -0.39 is 5.82 Å². The first-order valence-corrected chi connectivity index (χ1v) is 9.55. The van der Waals surface area contributed by atoms with Gasteiger partial charge in [-0.15, -0.1) is 0 Å². The van der Waals surface area contributed by atoms with Gasteiger partial charge in [-0.25, -0.2) is 4.39 Å². The van der Waals surface area contributed by atoms with E-state index in [0.717, 1.165) is 37.0 Å². The van der Waals surface area contributed by atoms with Gasteiger partial charge in [0.15, 0.2) is 0 Å². The van der Waals surface area contributed by atoms with Crippen molar-refractivity contribution in [2.45, 2.75) is 31.7 Å². The lowest BCUT2D eigenvalue weighted by molar-refractivity contribution is -0.132. The zero-order valence-corrected chi connectivity index (χ0v) is 16.0. The van der Waals surface area contributed by atoms with Gasteiger partial charge in [0, 0.05) is 12.1 Å². The smallest absolute Gasteiger partial charge is 0.251 e. The van der Waals surface area contributed by atoms with Gasteiger partial charge in [0.1, 0.15) is 11.6 Å². The molecule has 148 valence electrons. The Hall–Kier alpha value is -2.89. The summed E-state index contributed by atoms with van der Waals surface area (Å²) in [4.78, 5) is 26.9. The zero-order valence-electron chi connectivity index (χ0n) is 16.0. The van der Waals surface area contributed by atoms with Gasteiger partial charge in [0.2, 0.25) is 5.91 Å². The molecule has 28 heavy (non-hydrogen) atoms. The van der Waals surface area contributed by atoms with Crippen LogP contribution in [0, 0.1) is 5.82 Å². The van der Waals surface area contributed by atoms with Crippen LogP contribution in [0.2, 0.25) is 0 Å². The Balaban J connectivity index is 1.67. The van der Waals surface area contributed by atoms with Gasteiger partial charge in [0.25, 0.3) is 5.91 Å². The average molecular weight is 384 g/mol. The normalized spacial score (nSPS) is 16.9. The quantitative estimate of drug-likeness (QED) is 0.855. The van der Waals surface area contributed by atoms with E-state index in [2.05, 4.69) is 5.32 Å². The molecule has 0 bridgehead atoms. The molecule has 2 aromatic rings. The fraction of sp³-hybridized carbons (Fsp3) is 0.364. The molecule has 1 saturated heterocycles. The Labute approximate surface area is 164 Å². The van der Waals surface area contributed by atoms with E-state index in [1.165, 1.54) is 24.3 Å². The molecule has 5 nitrogen and oxygen atoms in total. The highest BCUT2D eigenvalue weighted by Gasteiger charge is 2.27. The van der Waals surface area contributed by atoms with E-state index in [-0.39, 0.29) is 24.4 Å². The van der Waals surface area contributed by atoms with Crippen LogP contribution in [0.1, 0.15) is 47.6 Å². The molecule has 0 unspecified atom stereocenters. The molecule has 3 rings (SSSR count). The van der Waals surface area contributed by atoms with E-state index in [0.29, 0.717) is 12.1 Å². The second kappa shape index (κ2) is 9.35. The first kappa shape index (κ1) is 19.9. The maximum Gasteiger partial charge on any atom is 0.251 e. The molecular formula is C22H25FN2O3. The Morgan fingerprint density at radius 2 is 1.79 bits per heavy atom. The standard InChI is InChI=1S/C22H25FN2O3/c1-28-19-12-8-16(9-13-19)20-5-3-2-4-14-25(20)21(26)15-24-22(27)17-6-10-18(23)11-7-17/h6-13,20H,2-5,14-15H2,1H3,(H,24,27)/t20-/m1/s1. The number of hydrogen-bond acceptors (Lipinski definition) is 3. The number of nitrogens with one attached hydrogen (secondary N) is 1. The van der Waals surface area contributed by atoms with Crippen molar-refractivity contribution in [1.82, 2.24) is 10.2 Å². The first-order valence-electron chi connectivity index (χ1n) is 9.55. The minimum Gasteiger partial charge on any atom is -0.497 e. The van der Waals surface area contributed by atoms with Crippen molar-refractivity contribution in [3.63, 3.8) is 0 Å². The summed E-state index contributed by atoms with van der Waals surface area (Å²) in [5.74, 6) is -0.122. The highest BCUT2D eigenvalue weighted by molar-refractivity contribution is 5.96. The average Bonchev–Trinajstić information content (AvgIpc) is 2.98. The fourth-order valence-electron chi connectivity index (χ4n) is 3.54. The molecule has 0 radical (unpaired) electrons. The fourth-order valence-corrected chi connectivity index (χ4v) is 3.54. The molecule has 1 heterocycles. The van der Waals surface area contributed by atoms with Crippen LogP contribution in [-0.4, -0.2) is 36.9 Å². The molecule has 0 aliphatic carbocycles. The van der Waals surface area contributed by atoms with Crippen molar-refractivity contribution < 1.29 is 18.7 Å². The SMILES string of the molecule is COc1ccc([C@H]2CCCCCN2C(=O)CNC(=O)c2ccc(F)cc2)cc1. The van der Waals surface area contributed by atoms with Crippen molar-refractivity contribution >= 4 is 11.8 Å².